The van der Waals surface area contributed by atoms with Gasteiger partial charge in [0.15, 0.2) is 0 Å². The molecule has 6 rings (SSSR count). The molecule has 3 heterocycles. The molecule has 0 saturated carbocycles. The van der Waals surface area contributed by atoms with Gasteiger partial charge in [0, 0.05) is 33.8 Å². The molecular weight excluding hydrogens is 434 g/mol. The maximum Gasteiger partial charge on any atom is 0.0924 e. The third kappa shape index (κ3) is 3.84. The van der Waals surface area contributed by atoms with E-state index >= 15 is 0 Å². The monoisotopic (exact) mass is 459 g/mol. The molecule has 0 unspecified atom stereocenters. The third-order valence-corrected chi connectivity index (χ3v) is 6.51. The molecule has 0 aliphatic rings. The summed E-state index contributed by atoms with van der Waals surface area (Å²) in [6.07, 6.45) is 3.80. The van der Waals surface area contributed by atoms with Crippen LogP contribution >= 0.6 is 0 Å². The number of aromatic amines is 2. The SMILES string of the molecule is Cc1[nH]nc2ccc(-c3cc(N[C@@H](CO)c4ccccc4)cnc3-c3cccc4cc[nH]c34)cc12. The molecule has 0 aliphatic carbocycles. The van der Waals surface area contributed by atoms with Crippen LogP contribution in [0.2, 0.25) is 0 Å². The van der Waals surface area contributed by atoms with E-state index in [0.29, 0.717) is 0 Å². The Hall–Kier alpha value is -4.42. The van der Waals surface area contributed by atoms with E-state index < -0.39 is 0 Å². The molecule has 0 saturated heterocycles. The van der Waals surface area contributed by atoms with Crippen LogP contribution in [0, 0.1) is 6.92 Å². The predicted molar refractivity (Wildman–Crippen MR) is 141 cm³/mol. The lowest BCUT2D eigenvalue weighted by atomic mass is 9.96. The van der Waals surface area contributed by atoms with Crippen LogP contribution in [0.5, 0.6) is 0 Å². The van der Waals surface area contributed by atoms with Gasteiger partial charge in [-0.15, -0.1) is 0 Å². The van der Waals surface area contributed by atoms with Gasteiger partial charge in [-0.25, -0.2) is 0 Å². The van der Waals surface area contributed by atoms with Crippen LogP contribution in [0.25, 0.3) is 44.2 Å². The number of nitrogens with zero attached hydrogens (tertiary/aromatic N) is 2. The Balaban J connectivity index is 1.51. The quantitative estimate of drug-likeness (QED) is 0.238. The minimum Gasteiger partial charge on any atom is -0.394 e. The number of hydrogen-bond acceptors (Lipinski definition) is 4. The van der Waals surface area contributed by atoms with Gasteiger partial charge in [-0.05, 0) is 42.3 Å². The fraction of sp³-hybridized carbons (Fsp3) is 0.103. The number of aliphatic hydroxyl groups excluding tert-OH is 1. The van der Waals surface area contributed by atoms with Crippen LogP contribution in [0.15, 0.2) is 91.3 Å². The van der Waals surface area contributed by atoms with Gasteiger partial charge in [-0.2, -0.15) is 5.10 Å². The Morgan fingerprint density at radius 1 is 0.943 bits per heavy atom. The molecule has 6 heteroatoms. The van der Waals surface area contributed by atoms with Crippen LogP contribution < -0.4 is 5.32 Å². The lowest BCUT2D eigenvalue weighted by molar-refractivity contribution is 0.276. The zero-order chi connectivity index (χ0) is 23.8. The fourth-order valence-electron chi connectivity index (χ4n) is 4.69. The first-order valence-corrected chi connectivity index (χ1v) is 11.7. The Kier molecular flexibility index (Phi) is 5.28. The number of aryl methyl sites for hydroxylation is 1. The second-order valence-corrected chi connectivity index (χ2v) is 8.74. The molecule has 6 aromatic rings. The van der Waals surface area contributed by atoms with Crippen molar-refractivity contribution in [1.82, 2.24) is 20.2 Å². The Labute approximate surface area is 202 Å². The largest absolute Gasteiger partial charge is 0.394 e. The average molecular weight is 460 g/mol. The van der Waals surface area contributed by atoms with Crippen molar-refractivity contribution < 1.29 is 5.11 Å². The summed E-state index contributed by atoms with van der Waals surface area (Å²) in [6, 6.07) is 26.4. The van der Waals surface area contributed by atoms with Gasteiger partial charge in [0.1, 0.15) is 0 Å². The summed E-state index contributed by atoms with van der Waals surface area (Å²) in [4.78, 5) is 8.31. The summed E-state index contributed by atoms with van der Waals surface area (Å²) < 4.78 is 0. The number of fused-ring (bicyclic) bond motifs is 2. The highest BCUT2D eigenvalue weighted by Gasteiger charge is 2.17. The van der Waals surface area contributed by atoms with E-state index in [-0.39, 0.29) is 12.6 Å². The topological polar surface area (TPSA) is 89.6 Å². The van der Waals surface area contributed by atoms with E-state index in [1.54, 1.807) is 0 Å². The number of aliphatic hydroxyl groups is 1. The highest BCUT2D eigenvalue weighted by atomic mass is 16.3. The van der Waals surface area contributed by atoms with Gasteiger partial charge in [0.05, 0.1) is 41.3 Å². The summed E-state index contributed by atoms with van der Waals surface area (Å²) >= 11 is 0. The summed E-state index contributed by atoms with van der Waals surface area (Å²) in [5.74, 6) is 0. The molecule has 0 spiro atoms. The summed E-state index contributed by atoms with van der Waals surface area (Å²) in [5, 5.41) is 23.2. The molecule has 0 fully saturated rings. The van der Waals surface area contributed by atoms with Crippen molar-refractivity contribution in [3.05, 3.63) is 103 Å². The normalized spacial score (nSPS) is 12.3. The molecule has 3 aromatic carbocycles. The fourth-order valence-corrected chi connectivity index (χ4v) is 4.69. The van der Waals surface area contributed by atoms with Crippen molar-refractivity contribution in [2.75, 3.05) is 11.9 Å². The number of H-pyrrole nitrogens is 2. The van der Waals surface area contributed by atoms with Gasteiger partial charge in [0.2, 0.25) is 0 Å². The molecule has 0 amide bonds. The molecule has 0 bridgehead atoms. The molecule has 4 N–H and O–H groups in total. The Bertz CT molecular complexity index is 1630. The van der Waals surface area contributed by atoms with Gasteiger partial charge in [-0.3, -0.25) is 10.1 Å². The van der Waals surface area contributed by atoms with E-state index in [4.69, 9.17) is 4.98 Å². The summed E-state index contributed by atoms with van der Waals surface area (Å²) in [7, 11) is 0. The Morgan fingerprint density at radius 3 is 2.69 bits per heavy atom. The van der Waals surface area contributed by atoms with Gasteiger partial charge < -0.3 is 15.4 Å². The smallest absolute Gasteiger partial charge is 0.0924 e. The zero-order valence-corrected chi connectivity index (χ0v) is 19.3. The molecular formula is C29H25N5O. The van der Waals surface area contributed by atoms with Gasteiger partial charge >= 0.3 is 0 Å². The van der Waals surface area contributed by atoms with Crippen molar-refractivity contribution in [2.45, 2.75) is 13.0 Å². The second kappa shape index (κ2) is 8.74. The van der Waals surface area contributed by atoms with Crippen LogP contribution in [0.3, 0.4) is 0 Å². The molecule has 0 radical (unpaired) electrons. The van der Waals surface area contributed by atoms with E-state index in [0.717, 1.165) is 61.1 Å². The van der Waals surface area contributed by atoms with Crippen LogP contribution in [-0.4, -0.2) is 31.9 Å². The number of hydrogen-bond donors (Lipinski definition) is 4. The van der Waals surface area contributed by atoms with Crippen molar-refractivity contribution in [2.24, 2.45) is 0 Å². The van der Waals surface area contributed by atoms with E-state index in [9.17, 15) is 5.11 Å². The second-order valence-electron chi connectivity index (χ2n) is 8.74. The minimum absolute atomic E-state index is 0.0247. The minimum atomic E-state index is -0.234. The van der Waals surface area contributed by atoms with Crippen molar-refractivity contribution in [1.29, 1.82) is 0 Å². The first-order chi connectivity index (χ1) is 17.2. The first kappa shape index (κ1) is 21.1. The first-order valence-electron chi connectivity index (χ1n) is 11.7. The van der Waals surface area contributed by atoms with E-state index in [1.165, 1.54) is 0 Å². The Morgan fingerprint density at radius 2 is 1.83 bits per heavy atom. The van der Waals surface area contributed by atoms with Gasteiger partial charge in [-0.1, -0.05) is 54.6 Å². The zero-order valence-electron chi connectivity index (χ0n) is 19.3. The lowest BCUT2D eigenvalue weighted by Gasteiger charge is -2.19. The molecule has 0 aliphatic heterocycles. The molecule has 3 aromatic heterocycles. The van der Waals surface area contributed by atoms with Crippen LogP contribution in [0.1, 0.15) is 17.3 Å². The molecule has 172 valence electrons. The number of aromatic nitrogens is 4. The van der Waals surface area contributed by atoms with Gasteiger partial charge in [0.25, 0.3) is 0 Å². The van der Waals surface area contributed by atoms with Crippen molar-refractivity contribution in [3.63, 3.8) is 0 Å². The molecule has 1 atom stereocenters. The average Bonchev–Trinajstić information content (AvgIpc) is 3.54. The van der Waals surface area contributed by atoms with Crippen molar-refractivity contribution in [3.8, 4) is 22.4 Å². The lowest BCUT2D eigenvalue weighted by Crippen LogP contribution is -2.15. The summed E-state index contributed by atoms with van der Waals surface area (Å²) in [5.41, 5.74) is 8.87. The van der Waals surface area contributed by atoms with E-state index in [1.807, 2.05) is 55.7 Å². The maximum absolute atomic E-state index is 10.1. The standard InChI is InChI=1S/C29H25N5O/c1-18-24-14-21(10-11-26(24)34-33-18)25-15-22(32-27(17-35)19-6-3-2-4-7-19)16-31-29(25)23-9-5-8-20-12-13-30-28(20)23/h2-16,27,30,32,35H,17H2,1H3,(H,33,34)/t27-/m0/s1. The highest BCUT2D eigenvalue weighted by Crippen LogP contribution is 2.37. The predicted octanol–water partition coefficient (Wildman–Crippen LogP) is 6.23. The number of pyridine rings is 1. The van der Waals surface area contributed by atoms with Crippen LogP contribution in [0.4, 0.5) is 5.69 Å². The number of nitrogens with one attached hydrogen (secondary N) is 3. The maximum atomic E-state index is 10.1. The van der Waals surface area contributed by atoms with Crippen LogP contribution in [-0.2, 0) is 0 Å². The third-order valence-electron chi connectivity index (χ3n) is 6.51. The summed E-state index contributed by atoms with van der Waals surface area (Å²) in [6.45, 7) is 2.00. The number of anilines is 1. The number of benzene rings is 3. The molecule has 35 heavy (non-hydrogen) atoms. The number of rotatable bonds is 6. The van der Waals surface area contributed by atoms with E-state index in [2.05, 4.69) is 63.0 Å². The van der Waals surface area contributed by atoms with Crippen molar-refractivity contribution >= 4 is 27.5 Å². The highest BCUT2D eigenvalue weighted by molar-refractivity contribution is 5.98. The molecule has 6 nitrogen and oxygen atoms in total. The number of para-hydroxylation sites is 1.